The van der Waals surface area contributed by atoms with Crippen molar-refractivity contribution in [3.8, 4) is 0 Å². The molecule has 12 heavy (non-hydrogen) atoms. The first-order valence-electron chi connectivity index (χ1n) is 4.36. The number of hydrogen-bond donors (Lipinski definition) is 1. The molecule has 0 aliphatic heterocycles. The Morgan fingerprint density at radius 1 is 1.17 bits per heavy atom. The van der Waals surface area contributed by atoms with Crippen LogP contribution >= 0.6 is 0 Å². The Bertz CT molecular complexity index is 185. The third kappa shape index (κ3) is 7.13. The van der Waals surface area contributed by atoms with Gasteiger partial charge in [0.2, 0.25) is 0 Å². The molecule has 1 N–H and O–H groups in total. The van der Waals surface area contributed by atoms with E-state index in [1.807, 2.05) is 32.2 Å². The highest BCUT2D eigenvalue weighted by molar-refractivity contribution is 5.14. The fourth-order valence-corrected chi connectivity index (χ4v) is 0.634. The highest BCUT2D eigenvalue weighted by Crippen LogP contribution is 1.93. The molecule has 0 saturated carbocycles. The van der Waals surface area contributed by atoms with E-state index < -0.39 is 0 Å². The topological polar surface area (TPSA) is 12.0 Å². The molecule has 0 aromatic carbocycles. The van der Waals surface area contributed by atoms with Crippen molar-refractivity contribution in [3.05, 3.63) is 36.1 Å². The van der Waals surface area contributed by atoms with E-state index in [0.717, 1.165) is 0 Å². The van der Waals surface area contributed by atoms with Crippen LogP contribution in [0.4, 0.5) is 0 Å². The molecule has 0 saturated heterocycles. The highest BCUT2D eigenvalue weighted by Gasteiger charge is 1.79. The smallest absolute Gasteiger partial charge is 0.00724 e. The van der Waals surface area contributed by atoms with E-state index in [9.17, 15) is 0 Å². The lowest BCUT2D eigenvalue weighted by Crippen LogP contribution is -2.00. The van der Waals surface area contributed by atoms with Crippen LogP contribution in [0.5, 0.6) is 0 Å². The fraction of sp³-hybridized carbons (Fsp3) is 0.455. The maximum absolute atomic E-state index is 3.05. The van der Waals surface area contributed by atoms with Crippen molar-refractivity contribution >= 4 is 0 Å². The van der Waals surface area contributed by atoms with Gasteiger partial charge in [0.1, 0.15) is 0 Å². The zero-order chi connectivity index (χ0) is 9.40. The molecule has 0 aliphatic rings. The van der Waals surface area contributed by atoms with Crippen LogP contribution < -0.4 is 5.32 Å². The Labute approximate surface area is 75.9 Å². The van der Waals surface area contributed by atoms with Gasteiger partial charge >= 0.3 is 0 Å². The quantitative estimate of drug-likeness (QED) is 0.632. The minimum atomic E-state index is 0.629. The largest absolute Gasteiger partial charge is 0.392 e. The van der Waals surface area contributed by atoms with Crippen molar-refractivity contribution in [2.75, 3.05) is 7.05 Å². The number of allylic oxidation sites excluding steroid dienone is 6. The molecule has 0 aromatic rings. The summed E-state index contributed by atoms with van der Waals surface area (Å²) in [5, 5.41) is 3.05. The third-order valence-electron chi connectivity index (χ3n) is 1.46. The standard InChI is InChI=1S/C11H19N/c1-10(2)8-6-5-7-9-11(3)12-4/h5-10,12H,1-4H3/b7-5-,8-6?,11-9+. The monoisotopic (exact) mass is 165 g/mol. The summed E-state index contributed by atoms with van der Waals surface area (Å²) in [6.45, 7) is 6.37. The Morgan fingerprint density at radius 2 is 1.83 bits per heavy atom. The van der Waals surface area contributed by atoms with E-state index in [1.54, 1.807) is 0 Å². The van der Waals surface area contributed by atoms with Crippen LogP contribution in [0, 0.1) is 5.92 Å². The van der Waals surface area contributed by atoms with Crippen molar-refractivity contribution in [1.82, 2.24) is 5.32 Å². The molecule has 68 valence electrons. The fourth-order valence-electron chi connectivity index (χ4n) is 0.634. The van der Waals surface area contributed by atoms with Crippen LogP contribution in [0.2, 0.25) is 0 Å². The Kier molecular flexibility index (Phi) is 6.16. The summed E-state index contributed by atoms with van der Waals surface area (Å²) >= 11 is 0. The molecule has 0 spiro atoms. The van der Waals surface area contributed by atoms with Crippen molar-refractivity contribution in [2.24, 2.45) is 5.92 Å². The van der Waals surface area contributed by atoms with E-state index in [-0.39, 0.29) is 0 Å². The summed E-state index contributed by atoms with van der Waals surface area (Å²) in [6.07, 6.45) is 10.4. The number of rotatable bonds is 4. The maximum atomic E-state index is 3.05. The van der Waals surface area contributed by atoms with Gasteiger partial charge in [-0.15, -0.1) is 0 Å². The molecule has 0 fully saturated rings. The molecule has 0 radical (unpaired) electrons. The van der Waals surface area contributed by atoms with E-state index in [1.165, 1.54) is 5.70 Å². The second-order valence-corrected chi connectivity index (χ2v) is 3.11. The predicted molar refractivity (Wildman–Crippen MR) is 55.9 cm³/mol. The lowest BCUT2D eigenvalue weighted by atomic mass is 10.2. The molecule has 0 bridgehead atoms. The first-order chi connectivity index (χ1) is 5.66. The van der Waals surface area contributed by atoms with Crippen LogP contribution in [0.15, 0.2) is 36.1 Å². The zero-order valence-corrected chi connectivity index (χ0v) is 8.46. The summed E-state index contributed by atoms with van der Waals surface area (Å²) in [5.41, 5.74) is 1.17. The van der Waals surface area contributed by atoms with Crippen LogP contribution in [0.25, 0.3) is 0 Å². The lowest BCUT2D eigenvalue weighted by molar-refractivity contribution is 0.832. The molecule has 0 rings (SSSR count). The average Bonchev–Trinajstić information content (AvgIpc) is 2.03. The van der Waals surface area contributed by atoms with Gasteiger partial charge in [0.15, 0.2) is 0 Å². The molecule has 1 nitrogen and oxygen atoms in total. The average molecular weight is 165 g/mol. The number of nitrogens with one attached hydrogen (secondary N) is 1. The predicted octanol–water partition coefficient (Wildman–Crippen LogP) is 2.88. The van der Waals surface area contributed by atoms with Crippen molar-refractivity contribution < 1.29 is 0 Å². The van der Waals surface area contributed by atoms with E-state index in [4.69, 9.17) is 0 Å². The van der Waals surface area contributed by atoms with Crippen LogP contribution in [-0.4, -0.2) is 7.05 Å². The summed E-state index contributed by atoms with van der Waals surface area (Å²) in [4.78, 5) is 0. The second-order valence-electron chi connectivity index (χ2n) is 3.11. The SMILES string of the molecule is CN/C(C)=C/C=C\C=CC(C)C. The van der Waals surface area contributed by atoms with Gasteiger partial charge in [-0.25, -0.2) is 0 Å². The van der Waals surface area contributed by atoms with Crippen molar-refractivity contribution in [2.45, 2.75) is 20.8 Å². The Balaban J connectivity index is 3.77. The summed E-state index contributed by atoms with van der Waals surface area (Å²) < 4.78 is 0. The lowest BCUT2D eigenvalue weighted by Gasteiger charge is -1.93. The van der Waals surface area contributed by atoms with Crippen molar-refractivity contribution in [3.63, 3.8) is 0 Å². The second kappa shape index (κ2) is 6.71. The molecular formula is C11H19N. The normalized spacial score (nSPS) is 13.6. The summed E-state index contributed by atoms with van der Waals surface area (Å²) in [6, 6.07) is 0. The molecular weight excluding hydrogens is 146 g/mol. The highest BCUT2D eigenvalue weighted by atomic mass is 14.8. The van der Waals surface area contributed by atoms with Gasteiger partial charge in [-0.1, -0.05) is 38.2 Å². The van der Waals surface area contributed by atoms with E-state index >= 15 is 0 Å². The molecule has 0 unspecified atom stereocenters. The molecule has 0 heterocycles. The van der Waals surface area contributed by atoms with Gasteiger partial charge in [0, 0.05) is 12.7 Å². The van der Waals surface area contributed by atoms with Gasteiger partial charge in [-0.2, -0.15) is 0 Å². The zero-order valence-electron chi connectivity index (χ0n) is 8.46. The van der Waals surface area contributed by atoms with Crippen LogP contribution in [0.1, 0.15) is 20.8 Å². The van der Waals surface area contributed by atoms with Gasteiger partial charge < -0.3 is 5.32 Å². The van der Waals surface area contributed by atoms with Crippen molar-refractivity contribution in [1.29, 1.82) is 0 Å². The number of hydrogen-bond acceptors (Lipinski definition) is 1. The molecule has 1 heteroatoms. The Morgan fingerprint density at radius 3 is 2.33 bits per heavy atom. The van der Waals surface area contributed by atoms with E-state index in [0.29, 0.717) is 5.92 Å². The van der Waals surface area contributed by atoms with Gasteiger partial charge in [0.25, 0.3) is 0 Å². The van der Waals surface area contributed by atoms with Gasteiger partial charge in [-0.05, 0) is 18.9 Å². The van der Waals surface area contributed by atoms with E-state index in [2.05, 4.69) is 31.3 Å². The Hall–Kier alpha value is -0.980. The minimum Gasteiger partial charge on any atom is -0.392 e. The van der Waals surface area contributed by atoms with Gasteiger partial charge in [0.05, 0.1) is 0 Å². The first kappa shape index (κ1) is 11.0. The third-order valence-corrected chi connectivity index (χ3v) is 1.46. The van der Waals surface area contributed by atoms with Crippen LogP contribution in [-0.2, 0) is 0 Å². The van der Waals surface area contributed by atoms with Gasteiger partial charge in [-0.3, -0.25) is 0 Å². The maximum Gasteiger partial charge on any atom is 0.00724 e. The summed E-state index contributed by atoms with van der Waals surface area (Å²) in [7, 11) is 1.92. The molecule has 0 aromatic heterocycles. The molecule has 0 aliphatic carbocycles. The first-order valence-corrected chi connectivity index (χ1v) is 4.36. The molecule has 0 amide bonds. The van der Waals surface area contributed by atoms with Crippen LogP contribution in [0.3, 0.4) is 0 Å². The minimum absolute atomic E-state index is 0.629. The summed E-state index contributed by atoms with van der Waals surface area (Å²) in [5.74, 6) is 0.629. The molecule has 0 atom stereocenters.